The Morgan fingerprint density at radius 3 is 2.90 bits per heavy atom. The minimum Gasteiger partial charge on any atom is -0.293 e. The van der Waals surface area contributed by atoms with Gasteiger partial charge in [-0.1, -0.05) is 13.8 Å². The van der Waals surface area contributed by atoms with Crippen molar-refractivity contribution < 1.29 is 0 Å². The fraction of sp³-hybridized carbons (Fsp3) is 0.533. The van der Waals surface area contributed by atoms with Crippen LogP contribution in [0.15, 0.2) is 18.5 Å². The maximum Gasteiger partial charge on any atom is 0.131 e. The van der Waals surface area contributed by atoms with Gasteiger partial charge in [-0.05, 0) is 6.07 Å². The molecule has 0 aliphatic carbocycles. The summed E-state index contributed by atoms with van der Waals surface area (Å²) in [5, 5.41) is 4.22. The lowest BCUT2D eigenvalue weighted by Gasteiger charge is -2.28. The third-order valence-corrected chi connectivity index (χ3v) is 3.86. The van der Waals surface area contributed by atoms with Crippen molar-refractivity contribution in [1.82, 2.24) is 24.6 Å². The van der Waals surface area contributed by atoms with Crippen molar-refractivity contribution >= 4 is 0 Å². The van der Waals surface area contributed by atoms with E-state index >= 15 is 0 Å². The van der Waals surface area contributed by atoms with Crippen LogP contribution in [0.2, 0.25) is 0 Å². The lowest BCUT2D eigenvalue weighted by atomic mass is 10.1. The van der Waals surface area contributed by atoms with Crippen LogP contribution in [0.4, 0.5) is 0 Å². The number of rotatable bonds is 3. The van der Waals surface area contributed by atoms with Gasteiger partial charge in [0.25, 0.3) is 0 Å². The summed E-state index contributed by atoms with van der Waals surface area (Å²) in [4.78, 5) is 11.6. The number of nitrogens with zero attached hydrogens (tertiary/aromatic N) is 5. The van der Waals surface area contributed by atoms with E-state index in [1.54, 1.807) is 0 Å². The summed E-state index contributed by atoms with van der Waals surface area (Å²) in [6.45, 7) is 7.19. The van der Waals surface area contributed by atoms with E-state index in [1.807, 2.05) is 24.1 Å². The molecule has 0 radical (unpaired) electrons. The standard InChI is InChI=1S/C15H21N5/c1-11(2)15-16-8-12-9-20(7-5-14(12)18-15)10-13-4-6-17-19(13)3/h4,6,8,11H,5,7,9-10H2,1-3H3. The highest BCUT2D eigenvalue weighted by Gasteiger charge is 2.19. The smallest absolute Gasteiger partial charge is 0.131 e. The number of aryl methyl sites for hydroxylation is 1. The van der Waals surface area contributed by atoms with E-state index in [-0.39, 0.29) is 0 Å². The summed E-state index contributed by atoms with van der Waals surface area (Å²) < 4.78 is 1.94. The molecule has 0 aromatic carbocycles. The molecule has 0 saturated heterocycles. The fourth-order valence-corrected chi connectivity index (χ4v) is 2.59. The molecule has 2 aromatic heterocycles. The summed E-state index contributed by atoms with van der Waals surface area (Å²) in [6.07, 6.45) is 4.87. The van der Waals surface area contributed by atoms with Crippen LogP contribution in [-0.4, -0.2) is 31.2 Å². The van der Waals surface area contributed by atoms with Crippen molar-refractivity contribution in [3.05, 3.63) is 41.2 Å². The van der Waals surface area contributed by atoms with Crippen molar-refractivity contribution in [2.24, 2.45) is 7.05 Å². The normalized spacial score (nSPS) is 15.6. The van der Waals surface area contributed by atoms with Gasteiger partial charge in [0.1, 0.15) is 5.82 Å². The Bertz CT molecular complexity index is 602. The molecule has 0 bridgehead atoms. The van der Waals surface area contributed by atoms with Crippen LogP contribution >= 0.6 is 0 Å². The molecule has 0 spiro atoms. The first-order valence-electron chi connectivity index (χ1n) is 7.17. The predicted molar refractivity (Wildman–Crippen MR) is 77.1 cm³/mol. The van der Waals surface area contributed by atoms with Crippen LogP contribution in [0.5, 0.6) is 0 Å². The van der Waals surface area contributed by atoms with Crippen molar-refractivity contribution in [2.45, 2.75) is 39.3 Å². The van der Waals surface area contributed by atoms with E-state index in [0.29, 0.717) is 5.92 Å². The van der Waals surface area contributed by atoms with Crippen LogP contribution in [0.1, 0.15) is 42.5 Å². The van der Waals surface area contributed by atoms with Crippen molar-refractivity contribution in [3.63, 3.8) is 0 Å². The molecule has 0 amide bonds. The van der Waals surface area contributed by atoms with Gasteiger partial charge < -0.3 is 0 Å². The second kappa shape index (κ2) is 5.32. The molecule has 20 heavy (non-hydrogen) atoms. The molecule has 0 N–H and O–H groups in total. The first-order valence-corrected chi connectivity index (χ1v) is 7.17. The summed E-state index contributed by atoms with van der Waals surface area (Å²) >= 11 is 0. The van der Waals surface area contributed by atoms with E-state index in [4.69, 9.17) is 4.98 Å². The molecule has 1 aliphatic rings. The zero-order chi connectivity index (χ0) is 14.1. The van der Waals surface area contributed by atoms with E-state index < -0.39 is 0 Å². The number of fused-ring (bicyclic) bond motifs is 1. The van der Waals surface area contributed by atoms with Crippen molar-refractivity contribution in [1.29, 1.82) is 0 Å². The van der Waals surface area contributed by atoms with Gasteiger partial charge in [0.15, 0.2) is 0 Å². The second-order valence-electron chi connectivity index (χ2n) is 5.76. The third kappa shape index (κ3) is 2.58. The molecular weight excluding hydrogens is 250 g/mol. The average molecular weight is 271 g/mol. The summed E-state index contributed by atoms with van der Waals surface area (Å²) in [5.41, 5.74) is 3.74. The Hall–Kier alpha value is -1.75. The summed E-state index contributed by atoms with van der Waals surface area (Å²) in [6, 6.07) is 2.08. The predicted octanol–water partition coefficient (Wildman–Crippen LogP) is 1.89. The molecular formula is C15H21N5. The van der Waals surface area contributed by atoms with E-state index in [0.717, 1.165) is 31.9 Å². The lowest BCUT2D eigenvalue weighted by Crippen LogP contribution is -2.31. The first-order chi connectivity index (χ1) is 9.63. The zero-order valence-corrected chi connectivity index (χ0v) is 12.4. The topological polar surface area (TPSA) is 46.8 Å². The zero-order valence-electron chi connectivity index (χ0n) is 12.4. The molecule has 106 valence electrons. The summed E-state index contributed by atoms with van der Waals surface area (Å²) in [5.74, 6) is 1.36. The van der Waals surface area contributed by atoms with Crippen LogP contribution < -0.4 is 0 Å². The Balaban J connectivity index is 1.74. The quantitative estimate of drug-likeness (QED) is 0.855. The van der Waals surface area contributed by atoms with Gasteiger partial charge in [-0.3, -0.25) is 9.58 Å². The molecule has 5 heteroatoms. The molecule has 0 unspecified atom stereocenters. The van der Waals surface area contributed by atoms with Gasteiger partial charge in [-0.2, -0.15) is 5.10 Å². The maximum atomic E-state index is 4.71. The second-order valence-corrected chi connectivity index (χ2v) is 5.76. The Labute approximate surface area is 119 Å². The van der Waals surface area contributed by atoms with Crippen molar-refractivity contribution in [2.75, 3.05) is 6.54 Å². The van der Waals surface area contributed by atoms with Gasteiger partial charge in [0, 0.05) is 62.7 Å². The van der Waals surface area contributed by atoms with Gasteiger partial charge in [0.05, 0.1) is 5.69 Å². The highest BCUT2D eigenvalue weighted by molar-refractivity contribution is 5.21. The molecule has 3 rings (SSSR count). The van der Waals surface area contributed by atoms with Gasteiger partial charge >= 0.3 is 0 Å². The molecule has 0 fully saturated rings. The molecule has 1 aliphatic heterocycles. The SMILES string of the molecule is CC(C)c1ncc2c(n1)CCN(Cc1ccnn1C)C2. The molecule has 0 saturated carbocycles. The minimum absolute atomic E-state index is 0.396. The van der Waals surface area contributed by atoms with Gasteiger partial charge in [-0.15, -0.1) is 0 Å². The van der Waals surface area contributed by atoms with Crippen LogP contribution in [0.3, 0.4) is 0 Å². The lowest BCUT2D eigenvalue weighted by molar-refractivity contribution is 0.236. The van der Waals surface area contributed by atoms with E-state index in [1.165, 1.54) is 17.0 Å². The van der Waals surface area contributed by atoms with Crippen LogP contribution in [0.25, 0.3) is 0 Å². The summed E-state index contributed by atoms with van der Waals surface area (Å²) in [7, 11) is 1.99. The highest BCUT2D eigenvalue weighted by atomic mass is 15.3. The minimum atomic E-state index is 0.396. The Kier molecular flexibility index (Phi) is 3.53. The van der Waals surface area contributed by atoms with Gasteiger partial charge in [0.2, 0.25) is 0 Å². The van der Waals surface area contributed by atoms with E-state index in [2.05, 4.69) is 34.9 Å². The Morgan fingerprint density at radius 2 is 2.20 bits per heavy atom. The molecule has 5 nitrogen and oxygen atoms in total. The first kappa shape index (κ1) is 13.2. The number of aromatic nitrogens is 4. The third-order valence-electron chi connectivity index (χ3n) is 3.86. The molecule has 0 atom stereocenters. The number of hydrogen-bond acceptors (Lipinski definition) is 4. The Morgan fingerprint density at radius 1 is 1.35 bits per heavy atom. The highest BCUT2D eigenvalue weighted by Crippen LogP contribution is 2.20. The molecule has 2 aromatic rings. The number of hydrogen-bond donors (Lipinski definition) is 0. The molecule has 3 heterocycles. The maximum absolute atomic E-state index is 4.71. The van der Waals surface area contributed by atoms with Crippen LogP contribution in [-0.2, 0) is 26.6 Å². The fourth-order valence-electron chi connectivity index (χ4n) is 2.59. The average Bonchev–Trinajstić information content (AvgIpc) is 2.83. The monoisotopic (exact) mass is 271 g/mol. The largest absolute Gasteiger partial charge is 0.293 e. The van der Waals surface area contributed by atoms with Gasteiger partial charge in [-0.25, -0.2) is 9.97 Å². The van der Waals surface area contributed by atoms with Crippen LogP contribution in [0, 0.1) is 0 Å². The van der Waals surface area contributed by atoms with E-state index in [9.17, 15) is 0 Å². The van der Waals surface area contributed by atoms with Crippen molar-refractivity contribution in [3.8, 4) is 0 Å².